The summed E-state index contributed by atoms with van der Waals surface area (Å²) in [6.45, 7) is 3.06. The lowest BCUT2D eigenvalue weighted by Crippen LogP contribution is -2.32. The SMILES string of the molecule is O=S([O-])OCCCN1CCc2c(Br)cccc2C1. The van der Waals surface area contributed by atoms with Gasteiger partial charge in [-0.3, -0.25) is 4.90 Å². The Morgan fingerprint density at radius 3 is 3.11 bits per heavy atom. The number of benzene rings is 1. The average Bonchev–Trinajstić information content (AvgIpc) is 2.35. The first-order valence-electron chi connectivity index (χ1n) is 5.88. The molecule has 4 nitrogen and oxygen atoms in total. The Balaban J connectivity index is 1.83. The van der Waals surface area contributed by atoms with E-state index in [1.807, 2.05) is 0 Å². The van der Waals surface area contributed by atoms with E-state index in [-0.39, 0.29) is 6.61 Å². The highest BCUT2D eigenvalue weighted by atomic mass is 79.9. The highest BCUT2D eigenvalue weighted by molar-refractivity contribution is 9.10. The molecule has 1 aromatic rings. The zero-order chi connectivity index (χ0) is 13.0. The van der Waals surface area contributed by atoms with Gasteiger partial charge in [-0.15, -0.1) is 0 Å². The highest BCUT2D eigenvalue weighted by Gasteiger charge is 2.17. The Morgan fingerprint density at radius 2 is 2.33 bits per heavy atom. The normalized spacial score (nSPS) is 17.4. The van der Waals surface area contributed by atoms with Crippen LogP contribution >= 0.6 is 15.9 Å². The maximum Gasteiger partial charge on any atom is 0.0842 e. The van der Waals surface area contributed by atoms with Gasteiger partial charge in [0, 0.05) is 24.1 Å². The largest absolute Gasteiger partial charge is 0.750 e. The number of halogens is 1. The van der Waals surface area contributed by atoms with Crippen LogP contribution < -0.4 is 0 Å². The van der Waals surface area contributed by atoms with E-state index >= 15 is 0 Å². The van der Waals surface area contributed by atoms with Crippen molar-refractivity contribution < 1.29 is 12.9 Å². The molecule has 1 aliphatic rings. The zero-order valence-electron chi connectivity index (χ0n) is 9.93. The molecule has 0 aliphatic carbocycles. The first-order valence-corrected chi connectivity index (χ1v) is 7.67. The molecule has 0 N–H and O–H groups in total. The molecule has 2 rings (SSSR count). The molecule has 1 aliphatic heterocycles. The second-order valence-corrected chi connectivity index (χ2v) is 5.78. The summed E-state index contributed by atoms with van der Waals surface area (Å²) in [5, 5.41) is 0. The van der Waals surface area contributed by atoms with Crippen LogP contribution in [0.5, 0.6) is 0 Å². The molecule has 1 aromatic carbocycles. The third-order valence-electron chi connectivity index (χ3n) is 3.09. The van der Waals surface area contributed by atoms with Crippen LogP contribution in [0.1, 0.15) is 17.5 Å². The lowest BCUT2D eigenvalue weighted by atomic mass is 10.00. The molecule has 0 bridgehead atoms. The summed E-state index contributed by atoms with van der Waals surface area (Å²) in [7, 11) is 0. The van der Waals surface area contributed by atoms with E-state index in [4.69, 9.17) is 0 Å². The Kier molecular flexibility index (Phi) is 5.32. The third kappa shape index (κ3) is 3.86. The predicted octanol–water partition coefficient (Wildman–Crippen LogP) is 2.01. The van der Waals surface area contributed by atoms with Gasteiger partial charge < -0.3 is 8.74 Å². The maximum atomic E-state index is 10.2. The third-order valence-corrected chi connectivity index (χ3v) is 4.19. The van der Waals surface area contributed by atoms with Crippen LogP contribution in [0.15, 0.2) is 22.7 Å². The number of nitrogens with zero attached hydrogens (tertiary/aromatic N) is 1. The number of rotatable bonds is 5. The zero-order valence-corrected chi connectivity index (χ0v) is 12.3. The average molecular weight is 333 g/mol. The van der Waals surface area contributed by atoms with Crippen molar-refractivity contribution in [2.75, 3.05) is 19.7 Å². The van der Waals surface area contributed by atoms with Crippen LogP contribution in [0.4, 0.5) is 0 Å². The molecular weight excluding hydrogens is 318 g/mol. The van der Waals surface area contributed by atoms with Gasteiger partial charge in [0.05, 0.1) is 18.0 Å². The van der Waals surface area contributed by atoms with Gasteiger partial charge in [-0.05, 0) is 30.0 Å². The van der Waals surface area contributed by atoms with Crippen molar-refractivity contribution >= 4 is 27.3 Å². The smallest absolute Gasteiger partial charge is 0.0842 e. The van der Waals surface area contributed by atoms with Crippen LogP contribution in [0, 0.1) is 0 Å². The molecular formula is C12H15BrNO3S-. The number of hydrogen-bond donors (Lipinski definition) is 0. The summed E-state index contributed by atoms with van der Waals surface area (Å²) >= 11 is 1.19. The van der Waals surface area contributed by atoms with Crippen molar-refractivity contribution in [3.05, 3.63) is 33.8 Å². The molecule has 100 valence electrons. The second kappa shape index (κ2) is 6.77. The predicted molar refractivity (Wildman–Crippen MR) is 72.6 cm³/mol. The molecule has 0 amide bonds. The minimum absolute atomic E-state index is 0.262. The van der Waals surface area contributed by atoms with E-state index in [0.29, 0.717) is 0 Å². The Labute approximate surface area is 118 Å². The van der Waals surface area contributed by atoms with Gasteiger partial charge in [-0.1, -0.05) is 28.1 Å². The van der Waals surface area contributed by atoms with Crippen molar-refractivity contribution in [1.82, 2.24) is 4.90 Å². The fourth-order valence-electron chi connectivity index (χ4n) is 2.23. The standard InChI is InChI=1S/C12H16BrNO3S/c13-12-4-1-3-10-9-14(7-5-11(10)12)6-2-8-17-18(15)16/h1,3-4H,2,5-9H2,(H,15,16)/p-1. The molecule has 18 heavy (non-hydrogen) atoms. The van der Waals surface area contributed by atoms with Crippen molar-refractivity contribution in [3.8, 4) is 0 Å². The molecule has 0 saturated carbocycles. The van der Waals surface area contributed by atoms with E-state index in [2.05, 4.69) is 43.2 Å². The quantitative estimate of drug-likeness (QED) is 0.611. The monoisotopic (exact) mass is 332 g/mol. The minimum Gasteiger partial charge on any atom is -0.750 e. The number of hydrogen-bond acceptors (Lipinski definition) is 4. The van der Waals surface area contributed by atoms with Crippen LogP contribution in [-0.2, 0) is 28.5 Å². The highest BCUT2D eigenvalue weighted by Crippen LogP contribution is 2.26. The van der Waals surface area contributed by atoms with Gasteiger partial charge in [0.15, 0.2) is 0 Å². The molecule has 0 aromatic heterocycles. The Morgan fingerprint density at radius 1 is 1.50 bits per heavy atom. The lowest BCUT2D eigenvalue weighted by Gasteiger charge is -2.29. The molecule has 0 saturated heterocycles. The Bertz CT molecular complexity index is 441. The van der Waals surface area contributed by atoms with Crippen LogP contribution in [0.2, 0.25) is 0 Å². The molecule has 0 fully saturated rings. The molecule has 0 spiro atoms. The van der Waals surface area contributed by atoms with E-state index in [0.717, 1.165) is 32.5 Å². The van der Waals surface area contributed by atoms with Crippen LogP contribution in [0.3, 0.4) is 0 Å². The summed E-state index contributed by atoms with van der Waals surface area (Å²) in [5.41, 5.74) is 2.75. The second-order valence-electron chi connectivity index (χ2n) is 4.28. The van der Waals surface area contributed by atoms with Crippen LogP contribution in [-0.4, -0.2) is 33.4 Å². The van der Waals surface area contributed by atoms with Crippen molar-refractivity contribution in [2.24, 2.45) is 0 Å². The van der Waals surface area contributed by atoms with E-state index in [1.165, 1.54) is 15.6 Å². The van der Waals surface area contributed by atoms with Gasteiger partial charge in [-0.2, -0.15) is 0 Å². The topological polar surface area (TPSA) is 52.6 Å². The van der Waals surface area contributed by atoms with Crippen molar-refractivity contribution in [2.45, 2.75) is 19.4 Å². The summed E-state index contributed by atoms with van der Waals surface area (Å²) in [6.07, 6.45) is 1.77. The van der Waals surface area contributed by atoms with Gasteiger partial charge in [0.1, 0.15) is 0 Å². The van der Waals surface area contributed by atoms with E-state index in [1.54, 1.807) is 0 Å². The van der Waals surface area contributed by atoms with E-state index < -0.39 is 11.4 Å². The summed E-state index contributed by atoms with van der Waals surface area (Å²) in [6, 6.07) is 6.28. The number of fused-ring (bicyclic) bond motifs is 1. The van der Waals surface area contributed by atoms with Gasteiger partial charge in [0.25, 0.3) is 0 Å². The first kappa shape index (κ1) is 14.1. The molecule has 1 heterocycles. The van der Waals surface area contributed by atoms with Gasteiger partial charge in [-0.25, -0.2) is 4.21 Å². The van der Waals surface area contributed by atoms with Gasteiger partial charge >= 0.3 is 0 Å². The van der Waals surface area contributed by atoms with E-state index in [9.17, 15) is 8.76 Å². The van der Waals surface area contributed by atoms with Crippen LogP contribution in [0.25, 0.3) is 0 Å². The fourth-order valence-corrected chi connectivity index (χ4v) is 3.09. The molecule has 6 heteroatoms. The molecule has 1 unspecified atom stereocenters. The summed E-state index contributed by atoms with van der Waals surface area (Å²) in [5.74, 6) is 0. The lowest BCUT2D eigenvalue weighted by molar-refractivity contribution is 0.220. The van der Waals surface area contributed by atoms with Crippen molar-refractivity contribution in [1.29, 1.82) is 0 Å². The minimum atomic E-state index is -2.39. The van der Waals surface area contributed by atoms with Crippen molar-refractivity contribution in [3.63, 3.8) is 0 Å². The molecule has 0 radical (unpaired) electrons. The van der Waals surface area contributed by atoms with Gasteiger partial charge in [0.2, 0.25) is 0 Å². The summed E-state index contributed by atoms with van der Waals surface area (Å²) in [4.78, 5) is 2.33. The summed E-state index contributed by atoms with van der Waals surface area (Å²) < 4.78 is 26.1. The Hall–Kier alpha value is -0.270. The molecule has 1 atom stereocenters. The first-order chi connectivity index (χ1) is 8.66. The maximum absolute atomic E-state index is 10.2. The fraction of sp³-hybridized carbons (Fsp3) is 0.500.